The van der Waals surface area contributed by atoms with Crippen LogP contribution < -0.4 is 0 Å². The molecule has 0 amide bonds. The molecule has 1 aliphatic carbocycles. The summed E-state index contributed by atoms with van der Waals surface area (Å²) in [6.07, 6.45) is 3.73. The lowest BCUT2D eigenvalue weighted by Crippen LogP contribution is -2.16. The van der Waals surface area contributed by atoms with E-state index in [1.807, 2.05) is 30.3 Å². The molecule has 1 aromatic carbocycles. The number of hydrogen-bond donors (Lipinski definition) is 1. The van der Waals surface area contributed by atoms with E-state index in [0.717, 1.165) is 16.8 Å². The lowest BCUT2D eigenvalue weighted by Gasteiger charge is -2.12. The molecule has 1 N–H and O–H groups in total. The molecule has 64 valence electrons. The molecular formula is C11H10N2. The molecule has 0 saturated carbocycles. The van der Waals surface area contributed by atoms with E-state index in [-0.39, 0.29) is 0 Å². The van der Waals surface area contributed by atoms with Crippen LogP contribution in [-0.4, -0.2) is 18.5 Å². The molecule has 0 radical (unpaired) electrons. The topological polar surface area (TPSA) is 36.2 Å². The van der Waals surface area contributed by atoms with Crippen LogP contribution in [0, 0.1) is 5.41 Å². The summed E-state index contributed by atoms with van der Waals surface area (Å²) in [7, 11) is 1.72. The molecule has 1 aromatic rings. The van der Waals surface area contributed by atoms with Crippen LogP contribution in [0.5, 0.6) is 0 Å². The number of nitrogens with zero attached hydrogens (tertiary/aromatic N) is 1. The number of benzene rings is 1. The van der Waals surface area contributed by atoms with Crippen molar-refractivity contribution in [3.05, 3.63) is 41.5 Å². The molecule has 2 heteroatoms. The maximum Gasteiger partial charge on any atom is 0.0898 e. The number of rotatable bonds is 0. The van der Waals surface area contributed by atoms with Gasteiger partial charge in [0.05, 0.1) is 11.4 Å². The minimum atomic E-state index is 0.487. The third-order valence-electron chi connectivity index (χ3n) is 2.12. The predicted molar refractivity (Wildman–Crippen MR) is 55.7 cm³/mol. The average molecular weight is 170 g/mol. The molecule has 1 aliphatic rings. The van der Waals surface area contributed by atoms with Crippen molar-refractivity contribution in [2.45, 2.75) is 0 Å². The molecule has 0 bridgehead atoms. The Kier molecular flexibility index (Phi) is 1.81. The maximum absolute atomic E-state index is 7.66. The zero-order valence-electron chi connectivity index (χ0n) is 7.41. The standard InChI is InChI=1S/C11H10N2/c1-13-11-9-5-3-2-4-8(9)6-7-10(11)12/h2-7,12H,1H3. The highest BCUT2D eigenvalue weighted by Crippen LogP contribution is 2.17. The molecule has 0 heterocycles. The molecule has 0 atom stereocenters. The fourth-order valence-electron chi connectivity index (χ4n) is 1.50. The Balaban J connectivity index is 2.67. The van der Waals surface area contributed by atoms with Gasteiger partial charge in [0, 0.05) is 12.6 Å². The summed E-state index contributed by atoms with van der Waals surface area (Å²) in [5.41, 5.74) is 3.45. The summed E-state index contributed by atoms with van der Waals surface area (Å²) >= 11 is 0. The van der Waals surface area contributed by atoms with Crippen molar-refractivity contribution in [1.29, 1.82) is 5.41 Å². The quantitative estimate of drug-likeness (QED) is 0.619. The first-order valence-electron chi connectivity index (χ1n) is 4.16. The van der Waals surface area contributed by atoms with Gasteiger partial charge >= 0.3 is 0 Å². The average Bonchev–Trinajstić information content (AvgIpc) is 2.18. The summed E-state index contributed by atoms with van der Waals surface area (Å²) in [5, 5.41) is 7.66. The monoisotopic (exact) mass is 170 g/mol. The SMILES string of the molecule is CN=C1C(=N)C=Cc2ccccc21. The van der Waals surface area contributed by atoms with Crippen molar-refractivity contribution in [2.75, 3.05) is 7.05 Å². The van der Waals surface area contributed by atoms with Gasteiger partial charge < -0.3 is 0 Å². The Morgan fingerprint density at radius 1 is 1.15 bits per heavy atom. The van der Waals surface area contributed by atoms with Crippen LogP contribution in [0.1, 0.15) is 11.1 Å². The molecular weight excluding hydrogens is 160 g/mol. The summed E-state index contributed by atoms with van der Waals surface area (Å²) in [5.74, 6) is 0. The first-order chi connectivity index (χ1) is 6.33. The third kappa shape index (κ3) is 1.20. The van der Waals surface area contributed by atoms with E-state index in [1.54, 1.807) is 13.1 Å². The van der Waals surface area contributed by atoms with Crippen molar-refractivity contribution >= 4 is 17.5 Å². The van der Waals surface area contributed by atoms with E-state index in [9.17, 15) is 0 Å². The van der Waals surface area contributed by atoms with Crippen LogP contribution in [0.25, 0.3) is 6.08 Å². The first kappa shape index (κ1) is 7.92. The van der Waals surface area contributed by atoms with Crippen molar-refractivity contribution < 1.29 is 0 Å². The van der Waals surface area contributed by atoms with Gasteiger partial charge in [-0.2, -0.15) is 0 Å². The van der Waals surface area contributed by atoms with Crippen molar-refractivity contribution in [2.24, 2.45) is 4.99 Å². The minimum absolute atomic E-state index is 0.487. The van der Waals surface area contributed by atoms with E-state index in [0.29, 0.717) is 5.71 Å². The van der Waals surface area contributed by atoms with Crippen LogP contribution in [0.2, 0.25) is 0 Å². The highest BCUT2D eigenvalue weighted by Gasteiger charge is 2.13. The summed E-state index contributed by atoms with van der Waals surface area (Å²) in [6, 6.07) is 7.99. The fourth-order valence-corrected chi connectivity index (χ4v) is 1.50. The molecule has 0 spiro atoms. The van der Waals surface area contributed by atoms with Crippen molar-refractivity contribution in [3.8, 4) is 0 Å². The maximum atomic E-state index is 7.66. The number of aliphatic imine (C=N–C) groups is 1. The number of fused-ring (bicyclic) bond motifs is 1. The van der Waals surface area contributed by atoms with Gasteiger partial charge in [-0.3, -0.25) is 10.4 Å². The third-order valence-corrected chi connectivity index (χ3v) is 2.12. The molecule has 2 nitrogen and oxygen atoms in total. The number of allylic oxidation sites excluding steroid dienone is 1. The number of hydrogen-bond acceptors (Lipinski definition) is 2. The molecule has 0 fully saturated rings. The molecule has 0 saturated heterocycles. The summed E-state index contributed by atoms with van der Waals surface area (Å²) < 4.78 is 0. The minimum Gasteiger partial charge on any atom is -0.299 e. The smallest absolute Gasteiger partial charge is 0.0898 e. The zero-order chi connectivity index (χ0) is 9.26. The van der Waals surface area contributed by atoms with Gasteiger partial charge in [0.1, 0.15) is 0 Å². The Hall–Kier alpha value is -1.70. The molecule has 0 unspecified atom stereocenters. The summed E-state index contributed by atoms with van der Waals surface area (Å²) in [4.78, 5) is 4.11. The largest absolute Gasteiger partial charge is 0.299 e. The van der Waals surface area contributed by atoms with E-state index in [2.05, 4.69) is 4.99 Å². The highest BCUT2D eigenvalue weighted by atomic mass is 14.7. The molecule has 2 rings (SSSR count). The van der Waals surface area contributed by atoms with E-state index in [1.165, 1.54) is 0 Å². The molecule has 13 heavy (non-hydrogen) atoms. The van der Waals surface area contributed by atoms with Gasteiger partial charge in [0.25, 0.3) is 0 Å². The summed E-state index contributed by atoms with van der Waals surface area (Å²) in [6.45, 7) is 0. The van der Waals surface area contributed by atoms with Gasteiger partial charge in [-0.15, -0.1) is 0 Å². The van der Waals surface area contributed by atoms with Crippen molar-refractivity contribution in [1.82, 2.24) is 0 Å². The molecule has 0 aliphatic heterocycles. The number of nitrogens with one attached hydrogen (secondary N) is 1. The highest BCUT2D eigenvalue weighted by molar-refractivity contribution is 6.53. The van der Waals surface area contributed by atoms with E-state index >= 15 is 0 Å². The zero-order valence-corrected chi connectivity index (χ0v) is 7.41. The van der Waals surface area contributed by atoms with Crippen LogP contribution in [0.15, 0.2) is 35.3 Å². The predicted octanol–water partition coefficient (Wildman–Crippen LogP) is 2.15. The Bertz CT molecular complexity index is 414. The second kappa shape index (κ2) is 2.98. The normalized spacial score (nSPS) is 17.6. The van der Waals surface area contributed by atoms with Gasteiger partial charge in [-0.1, -0.05) is 30.3 Å². The first-order valence-corrected chi connectivity index (χ1v) is 4.16. The Labute approximate surface area is 77.1 Å². The second-order valence-corrected chi connectivity index (χ2v) is 2.91. The fraction of sp³-hybridized carbons (Fsp3) is 0.0909. The van der Waals surface area contributed by atoms with Crippen LogP contribution >= 0.6 is 0 Å². The Morgan fingerprint density at radius 3 is 2.69 bits per heavy atom. The van der Waals surface area contributed by atoms with E-state index < -0.39 is 0 Å². The Morgan fingerprint density at radius 2 is 1.92 bits per heavy atom. The van der Waals surface area contributed by atoms with Crippen LogP contribution in [0.4, 0.5) is 0 Å². The van der Waals surface area contributed by atoms with Crippen LogP contribution in [0.3, 0.4) is 0 Å². The van der Waals surface area contributed by atoms with Crippen LogP contribution in [-0.2, 0) is 0 Å². The molecule has 0 aromatic heterocycles. The lowest BCUT2D eigenvalue weighted by molar-refractivity contribution is 1.42. The van der Waals surface area contributed by atoms with Gasteiger partial charge in [-0.05, 0) is 11.6 Å². The van der Waals surface area contributed by atoms with Gasteiger partial charge in [-0.25, -0.2) is 0 Å². The van der Waals surface area contributed by atoms with E-state index in [4.69, 9.17) is 5.41 Å². The van der Waals surface area contributed by atoms with Crippen molar-refractivity contribution in [3.63, 3.8) is 0 Å². The second-order valence-electron chi connectivity index (χ2n) is 2.91. The van der Waals surface area contributed by atoms with Gasteiger partial charge in [0.2, 0.25) is 0 Å². The lowest BCUT2D eigenvalue weighted by atomic mass is 9.94. The van der Waals surface area contributed by atoms with Gasteiger partial charge in [0.15, 0.2) is 0 Å².